The number of methoxy groups -OCH3 is 1. The van der Waals surface area contributed by atoms with E-state index in [-0.39, 0.29) is 5.75 Å². The van der Waals surface area contributed by atoms with Crippen LogP contribution in [-0.4, -0.2) is 12.2 Å². The predicted molar refractivity (Wildman–Crippen MR) is 79.0 cm³/mol. The minimum Gasteiger partial charge on any atom is -0.504 e. The normalized spacial score (nSPS) is 10.7. The van der Waals surface area contributed by atoms with Crippen LogP contribution in [-0.2, 0) is 13.1 Å². The quantitative estimate of drug-likeness (QED) is 0.880. The molecule has 102 valence electrons. The van der Waals surface area contributed by atoms with Crippen molar-refractivity contribution in [3.8, 4) is 11.5 Å². The van der Waals surface area contributed by atoms with Gasteiger partial charge < -0.3 is 15.2 Å². The number of nitrogens with one attached hydrogen (secondary N) is 1. The number of phenols is 1. The Hall–Kier alpha value is -1.52. The maximum absolute atomic E-state index is 9.70. The summed E-state index contributed by atoms with van der Waals surface area (Å²) in [6.45, 7) is 5.86. The standard InChI is InChI=1S/C15H19NO2S/c1-10-6-13(19-11(10)2)9-16-8-12-4-5-15(18-3)14(17)7-12/h4-7,16-17H,8-9H2,1-3H3. The third-order valence-electron chi connectivity index (χ3n) is 3.09. The van der Waals surface area contributed by atoms with Gasteiger partial charge in [-0.1, -0.05) is 6.07 Å². The zero-order valence-corrected chi connectivity index (χ0v) is 12.3. The minimum atomic E-state index is 0.185. The second kappa shape index (κ2) is 6.08. The minimum absolute atomic E-state index is 0.185. The number of aromatic hydroxyl groups is 1. The molecule has 0 aliphatic carbocycles. The summed E-state index contributed by atoms with van der Waals surface area (Å²) >= 11 is 1.83. The second-order valence-corrected chi connectivity index (χ2v) is 5.90. The first kappa shape index (κ1) is 13.9. The number of benzene rings is 1. The molecule has 0 saturated carbocycles. The number of phenolic OH excluding ortho intramolecular Hbond substituents is 1. The third-order valence-corrected chi connectivity index (χ3v) is 4.24. The van der Waals surface area contributed by atoms with Crippen molar-refractivity contribution in [3.63, 3.8) is 0 Å². The molecule has 0 unspecified atom stereocenters. The number of ether oxygens (including phenoxy) is 1. The lowest BCUT2D eigenvalue weighted by Crippen LogP contribution is -2.11. The lowest BCUT2D eigenvalue weighted by atomic mass is 10.2. The summed E-state index contributed by atoms with van der Waals surface area (Å²) in [6, 6.07) is 7.69. The van der Waals surface area contributed by atoms with E-state index in [2.05, 4.69) is 25.2 Å². The van der Waals surface area contributed by atoms with Gasteiger partial charge in [0.05, 0.1) is 7.11 Å². The molecule has 1 heterocycles. The van der Waals surface area contributed by atoms with Gasteiger partial charge in [-0.3, -0.25) is 0 Å². The highest BCUT2D eigenvalue weighted by Crippen LogP contribution is 2.26. The molecular formula is C15H19NO2S. The summed E-state index contributed by atoms with van der Waals surface area (Å²) in [5.41, 5.74) is 2.40. The zero-order chi connectivity index (χ0) is 13.8. The summed E-state index contributed by atoms with van der Waals surface area (Å²) < 4.78 is 5.02. The molecule has 2 aromatic rings. The predicted octanol–water partition coefficient (Wildman–Crippen LogP) is 3.37. The molecule has 0 aliphatic rings. The monoisotopic (exact) mass is 277 g/mol. The maximum Gasteiger partial charge on any atom is 0.160 e. The van der Waals surface area contributed by atoms with Crippen molar-refractivity contribution in [2.24, 2.45) is 0 Å². The van der Waals surface area contributed by atoms with Crippen molar-refractivity contribution in [3.05, 3.63) is 45.1 Å². The molecule has 3 nitrogen and oxygen atoms in total. The van der Waals surface area contributed by atoms with Crippen molar-refractivity contribution in [2.75, 3.05) is 7.11 Å². The van der Waals surface area contributed by atoms with Crippen molar-refractivity contribution >= 4 is 11.3 Å². The summed E-state index contributed by atoms with van der Waals surface area (Å²) in [6.07, 6.45) is 0. The molecule has 1 aromatic carbocycles. The Labute approximate surface area is 117 Å². The lowest BCUT2D eigenvalue weighted by Gasteiger charge is -2.07. The lowest BCUT2D eigenvalue weighted by molar-refractivity contribution is 0.373. The second-order valence-electron chi connectivity index (χ2n) is 4.56. The molecule has 0 saturated heterocycles. The van der Waals surface area contributed by atoms with Crippen LogP contribution in [0.4, 0.5) is 0 Å². The number of thiophene rings is 1. The van der Waals surface area contributed by atoms with Crippen LogP contribution in [0, 0.1) is 13.8 Å². The van der Waals surface area contributed by atoms with E-state index in [0.717, 1.165) is 18.7 Å². The van der Waals surface area contributed by atoms with Gasteiger partial charge in [0.15, 0.2) is 11.5 Å². The fourth-order valence-electron chi connectivity index (χ4n) is 1.91. The first-order valence-electron chi connectivity index (χ1n) is 6.22. The summed E-state index contributed by atoms with van der Waals surface area (Å²) in [5.74, 6) is 0.692. The van der Waals surface area contributed by atoms with Crippen LogP contribution < -0.4 is 10.1 Å². The Kier molecular flexibility index (Phi) is 4.45. The first-order chi connectivity index (χ1) is 9.10. The highest BCUT2D eigenvalue weighted by molar-refractivity contribution is 7.12. The number of rotatable bonds is 5. The van der Waals surface area contributed by atoms with E-state index in [1.807, 2.05) is 17.4 Å². The third kappa shape index (κ3) is 3.49. The Morgan fingerprint density at radius 1 is 1.21 bits per heavy atom. The van der Waals surface area contributed by atoms with Crippen molar-refractivity contribution < 1.29 is 9.84 Å². The Balaban J connectivity index is 1.90. The van der Waals surface area contributed by atoms with Crippen LogP contribution in [0.5, 0.6) is 11.5 Å². The number of hydrogen-bond acceptors (Lipinski definition) is 4. The van der Waals surface area contributed by atoms with Crippen LogP contribution in [0.25, 0.3) is 0 Å². The van der Waals surface area contributed by atoms with E-state index in [4.69, 9.17) is 4.74 Å². The van der Waals surface area contributed by atoms with Crippen molar-refractivity contribution in [2.45, 2.75) is 26.9 Å². The molecule has 0 fully saturated rings. The topological polar surface area (TPSA) is 41.5 Å². The summed E-state index contributed by atoms with van der Waals surface area (Å²) in [7, 11) is 1.55. The average molecular weight is 277 g/mol. The largest absolute Gasteiger partial charge is 0.504 e. The molecule has 2 N–H and O–H groups in total. The van der Waals surface area contributed by atoms with Crippen LogP contribution >= 0.6 is 11.3 Å². The van der Waals surface area contributed by atoms with Crippen LogP contribution in [0.3, 0.4) is 0 Å². The number of aryl methyl sites for hydroxylation is 2. The fourth-order valence-corrected chi connectivity index (χ4v) is 2.94. The molecule has 4 heteroatoms. The van der Waals surface area contributed by atoms with E-state index in [9.17, 15) is 5.11 Å². The van der Waals surface area contributed by atoms with Gasteiger partial charge in [-0.25, -0.2) is 0 Å². The molecule has 19 heavy (non-hydrogen) atoms. The fraction of sp³-hybridized carbons (Fsp3) is 0.333. The molecular weight excluding hydrogens is 258 g/mol. The average Bonchev–Trinajstić information content (AvgIpc) is 2.69. The van der Waals surface area contributed by atoms with Gasteiger partial charge in [-0.15, -0.1) is 11.3 Å². The Bertz CT molecular complexity index is 544. The van der Waals surface area contributed by atoms with E-state index in [1.54, 1.807) is 19.2 Å². The molecule has 2 rings (SSSR count). The van der Waals surface area contributed by atoms with Crippen LogP contribution in [0.15, 0.2) is 24.3 Å². The highest BCUT2D eigenvalue weighted by atomic mass is 32.1. The van der Waals surface area contributed by atoms with E-state index >= 15 is 0 Å². The molecule has 0 bridgehead atoms. The van der Waals surface area contributed by atoms with Crippen molar-refractivity contribution in [1.29, 1.82) is 0 Å². The van der Waals surface area contributed by atoms with E-state index in [1.165, 1.54) is 15.3 Å². The van der Waals surface area contributed by atoms with Gasteiger partial charge in [0.2, 0.25) is 0 Å². The molecule has 0 amide bonds. The van der Waals surface area contributed by atoms with E-state index in [0.29, 0.717) is 5.75 Å². The molecule has 0 radical (unpaired) electrons. The van der Waals surface area contributed by atoms with Crippen LogP contribution in [0.1, 0.15) is 20.9 Å². The van der Waals surface area contributed by atoms with Crippen molar-refractivity contribution in [1.82, 2.24) is 5.32 Å². The summed E-state index contributed by atoms with van der Waals surface area (Å²) in [5, 5.41) is 13.1. The van der Waals surface area contributed by atoms with E-state index < -0.39 is 0 Å². The summed E-state index contributed by atoms with van der Waals surface area (Å²) in [4.78, 5) is 2.71. The maximum atomic E-state index is 9.70. The molecule has 0 spiro atoms. The SMILES string of the molecule is COc1ccc(CNCc2cc(C)c(C)s2)cc1O. The van der Waals surface area contributed by atoms with Gasteiger partial charge >= 0.3 is 0 Å². The Morgan fingerprint density at radius 2 is 2.00 bits per heavy atom. The van der Waals surface area contributed by atoms with Gasteiger partial charge in [-0.2, -0.15) is 0 Å². The molecule has 0 aliphatic heterocycles. The highest BCUT2D eigenvalue weighted by Gasteiger charge is 2.04. The number of hydrogen-bond donors (Lipinski definition) is 2. The Morgan fingerprint density at radius 3 is 2.58 bits per heavy atom. The molecule has 0 atom stereocenters. The van der Waals surface area contributed by atoms with Gasteiger partial charge in [-0.05, 0) is 43.2 Å². The van der Waals surface area contributed by atoms with Gasteiger partial charge in [0.25, 0.3) is 0 Å². The smallest absolute Gasteiger partial charge is 0.160 e. The molecule has 1 aromatic heterocycles. The zero-order valence-electron chi connectivity index (χ0n) is 11.5. The first-order valence-corrected chi connectivity index (χ1v) is 7.04. The van der Waals surface area contributed by atoms with Gasteiger partial charge in [0.1, 0.15) is 0 Å². The van der Waals surface area contributed by atoms with Crippen LogP contribution in [0.2, 0.25) is 0 Å². The van der Waals surface area contributed by atoms with Gasteiger partial charge in [0, 0.05) is 22.8 Å².